The summed E-state index contributed by atoms with van der Waals surface area (Å²) in [6, 6.07) is 12.4. The molecule has 0 radical (unpaired) electrons. The van der Waals surface area contributed by atoms with Gasteiger partial charge in [-0.2, -0.15) is 0 Å². The summed E-state index contributed by atoms with van der Waals surface area (Å²) in [5.74, 6) is -0.524. The quantitative estimate of drug-likeness (QED) is 0.391. The van der Waals surface area contributed by atoms with Crippen LogP contribution < -0.4 is 10.2 Å². The van der Waals surface area contributed by atoms with Gasteiger partial charge in [0, 0.05) is 30.8 Å². The van der Waals surface area contributed by atoms with Crippen molar-refractivity contribution in [2.75, 3.05) is 18.0 Å². The number of nitrogens with one attached hydrogen (secondary N) is 1. The Morgan fingerprint density at radius 2 is 1.83 bits per heavy atom. The van der Waals surface area contributed by atoms with Gasteiger partial charge in [0.25, 0.3) is 5.91 Å². The molecule has 3 rings (SSSR count). The van der Waals surface area contributed by atoms with Gasteiger partial charge in [0.15, 0.2) is 10.9 Å². The minimum atomic E-state index is -1.28. The van der Waals surface area contributed by atoms with E-state index in [4.69, 9.17) is 56.0 Å². The van der Waals surface area contributed by atoms with Crippen LogP contribution >= 0.6 is 46.4 Å². The highest BCUT2D eigenvalue weighted by atomic mass is 35.5. The van der Waals surface area contributed by atoms with Gasteiger partial charge >= 0.3 is 6.09 Å². The lowest BCUT2D eigenvalue weighted by molar-refractivity contribution is -0.117. The molecule has 1 atom stereocenters. The van der Waals surface area contributed by atoms with Crippen molar-refractivity contribution in [3.8, 4) is 0 Å². The molecule has 0 saturated carbocycles. The first-order valence-corrected chi connectivity index (χ1v) is 12.4. The van der Waals surface area contributed by atoms with Gasteiger partial charge in [-0.25, -0.2) is 4.79 Å². The van der Waals surface area contributed by atoms with Crippen LogP contribution in [0.15, 0.2) is 47.6 Å². The van der Waals surface area contributed by atoms with E-state index in [-0.39, 0.29) is 13.1 Å². The number of benzene rings is 2. The van der Waals surface area contributed by atoms with Gasteiger partial charge in [-0.15, -0.1) is 0 Å². The summed E-state index contributed by atoms with van der Waals surface area (Å²) in [5.41, 5.74) is 1.95. The smallest absolute Gasteiger partial charge is 0.407 e. The highest BCUT2D eigenvalue weighted by Gasteiger charge is 2.28. The molecule has 188 valence electrons. The Balaban J connectivity index is 1.74. The van der Waals surface area contributed by atoms with Crippen LogP contribution in [0.2, 0.25) is 10.0 Å². The van der Waals surface area contributed by atoms with Crippen LogP contribution in [0.3, 0.4) is 0 Å². The molecular formula is C24H25Cl4N3O4. The molecule has 35 heavy (non-hydrogen) atoms. The van der Waals surface area contributed by atoms with E-state index in [0.717, 1.165) is 5.56 Å². The summed E-state index contributed by atoms with van der Waals surface area (Å²) < 4.78 is 5.23. The average Bonchev–Trinajstić information content (AvgIpc) is 3.25. The van der Waals surface area contributed by atoms with Gasteiger partial charge in [0.05, 0.1) is 15.8 Å². The number of rotatable bonds is 7. The Morgan fingerprint density at radius 1 is 1.17 bits per heavy atom. The molecule has 1 unspecified atom stereocenters. The van der Waals surface area contributed by atoms with Crippen molar-refractivity contribution < 1.29 is 19.2 Å². The Hall–Kier alpha value is -2.19. The fourth-order valence-corrected chi connectivity index (χ4v) is 4.29. The van der Waals surface area contributed by atoms with E-state index < -0.39 is 28.5 Å². The molecule has 11 heteroatoms. The topological polar surface area (TPSA) is 80.2 Å². The number of anilines is 1. The summed E-state index contributed by atoms with van der Waals surface area (Å²) in [7, 11) is 0. The maximum absolute atomic E-state index is 12.7. The first-order valence-electron chi connectivity index (χ1n) is 10.8. The standard InChI is InChI=1S/C24H25Cl4N3O4/c1-24(2,3)34-23(33)29-10-11-31(22(32)21(27)28)15-7-4-6-14(12-15)19-13-18(30-35-19)20-16(25)8-5-9-17(20)26/h4-9,12,19,21H,10-11,13H2,1-3H3,(H,29,33). The third-order valence-electron chi connectivity index (χ3n) is 4.93. The monoisotopic (exact) mass is 559 g/mol. The molecule has 0 aromatic heterocycles. The van der Waals surface area contributed by atoms with Crippen LogP contribution in [0.4, 0.5) is 10.5 Å². The number of oxime groups is 1. The highest BCUT2D eigenvalue weighted by molar-refractivity contribution is 6.54. The maximum Gasteiger partial charge on any atom is 0.407 e. The Bertz CT molecular complexity index is 1100. The van der Waals surface area contributed by atoms with E-state index in [9.17, 15) is 9.59 Å². The Labute approximate surface area is 224 Å². The van der Waals surface area contributed by atoms with E-state index in [2.05, 4.69) is 10.5 Å². The van der Waals surface area contributed by atoms with Crippen molar-refractivity contribution in [1.82, 2.24) is 5.32 Å². The van der Waals surface area contributed by atoms with Gasteiger partial charge < -0.3 is 19.8 Å². The highest BCUT2D eigenvalue weighted by Crippen LogP contribution is 2.35. The molecule has 2 aromatic carbocycles. The molecule has 0 aliphatic carbocycles. The van der Waals surface area contributed by atoms with E-state index in [1.54, 1.807) is 57.2 Å². The lowest BCUT2D eigenvalue weighted by Gasteiger charge is -2.25. The van der Waals surface area contributed by atoms with E-state index in [1.165, 1.54) is 4.90 Å². The fourth-order valence-electron chi connectivity index (χ4n) is 3.44. The van der Waals surface area contributed by atoms with Crippen molar-refractivity contribution in [3.05, 3.63) is 63.6 Å². The number of hydrogen-bond acceptors (Lipinski definition) is 5. The van der Waals surface area contributed by atoms with E-state index in [0.29, 0.717) is 33.4 Å². The van der Waals surface area contributed by atoms with Crippen LogP contribution in [0, 0.1) is 0 Å². The van der Waals surface area contributed by atoms with Crippen molar-refractivity contribution >= 4 is 69.8 Å². The van der Waals surface area contributed by atoms with Crippen molar-refractivity contribution in [1.29, 1.82) is 0 Å². The molecule has 2 aromatic rings. The molecule has 1 heterocycles. The minimum Gasteiger partial charge on any atom is -0.444 e. The van der Waals surface area contributed by atoms with Crippen LogP contribution in [-0.4, -0.2) is 41.2 Å². The van der Waals surface area contributed by atoms with Gasteiger partial charge in [-0.05, 0) is 50.6 Å². The lowest BCUT2D eigenvalue weighted by Crippen LogP contribution is -2.42. The Kier molecular flexibility index (Phi) is 9.16. The third-order valence-corrected chi connectivity index (χ3v) is 5.93. The van der Waals surface area contributed by atoms with Gasteiger partial charge in [-0.3, -0.25) is 4.79 Å². The SMILES string of the molecule is CC(C)(C)OC(=O)NCCN(C(=O)C(Cl)Cl)c1cccc(C2CC(c3c(Cl)cccc3Cl)=NO2)c1. The molecule has 1 N–H and O–H groups in total. The number of amides is 2. The number of carbonyl (C=O) groups is 2. The first-order chi connectivity index (χ1) is 16.5. The van der Waals surface area contributed by atoms with Gasteiger partial charge in [-0.1, -0.05) is 69.8 Å². The molecule has 2 amide bonds. The normalized spacial score (nSPS) is 15.4. The van der Waals surface area contributed by atoms with E-state index in [1.807, 2.05) is 6.07 Å². The number of nitrogens with zero attached hydrogens (tertiary/aromatic N) is 2. The number of halogens is 4. The average molecular weight is 561 g/mol. The first kappa shape index (κ1) is 27.4. The van der Waals surface area contributed by atoms with E-state index >= 15 is 0 Å². The largest absolute Gasteiger partial charge is 0.444 e. The lowest BCUT2D eigenvalue weighted by atomic mass is 9.99. The second-order valence-corrected chi connectivity index (χ2v) is 10.7. The maximum atomic E-state index is 12.7. The molecule has 0 saturated heterocycles. The molecule has 0 spiro atoms. The number of ether oxygens (including phenoxy) is 1. The molecule has 0 fully saturated rings. The Morgan fingerprint density at radius 3 is 2.46 bits per heavy atom. The zero-order valence-corrected chi connectivity index (χ0v) is 22.4. The zero-order valence-electron chi connectivity index (χ0n) is 19.4. The molecule has 0 bridgehead atoms. The van der Waals surface area contributed by atoms with Crippen LogP contribution in [0.5, 0.6) is 0 Å². The molecular weight excluding hydrogens is 536 g/mol. The van der Waals surface area contributed by atoms with Gasteiger partial charge in [0.2, 0.25) is 0 Å². The molecule has 1 aliphatic heterocycles. The van der Waals surface area contributed by atoms with Crippen LogP contribution in [0.25, 0.3) is 0 Å². The summed E-state index contributed by atoms with van der Waals surface area (Å²) in [5, 5.41) is 7.78. The summed E-state index contributed by atoms with van der Waals surface area (Å²) in [6.45, 7) is 5.54. The number of hydrogen-bond donors (Lipinski definition) is 1. The second-order valence-electron chi connectivity index (χ2n) is 8.75. The van der Waals surface area contributed by atoms with Crippen molar-refractivity contribution in [2.24, 2.45) is 5.16 Å². The second kappa shape index (κ2) is 11.7. The predicted octanol–water partition coefficient (Wildman–Crippen LogP) is 6.52. The summed E-state index contributed by atoms with van der Waals surface area (Å²) >= 11 is 24.4. The van der Waals surface area contributed by atoms with Crippen molar-refractivity contribution in [2.45, 2.75) is 43.7 Å². The fraction of sp³-hybridized carbons (Fsp3) is 0.375. The van der Waals surface area contributed by atoms with Crippen LogP contribution in [0.1, 0.15) is 44.4 Å². The number of alkyl halides is 2. The van der Waals surface area contributed by atoms with Crippen LogP contribution in [-0.2, 0) is 14.4 Å². The summed E-state index contributed by atoms with van der Waals surface area (Å²) in [6.07, 6.45) is -0.555. The molecule has 7 nitrogen and oxygen atoms in total. The minimum absolute atomic E-state index is 0.125. The van der Waals surface area contributed by atoms with Gasteiger partial charge in [0.1, 0.15) is 5.60 Å². The molecule has 1 aliphatic rings. The predicted molar refractivity (Wildman–Crippen MR) is 140 cm³/mol. The zero-order chi connectivity index (χ0) is 25.8. The number of carbonyl (C=O) groups excluding carboxylic acids is 2. The number of alkyl carbamates (subject to hydrolysis) is 1. The summed E-state index contributed by atoms with van der Waals surface area (Å²) in [4.78, 5) is 30.5. The third kappa shape index (κ3) is 7.40. The van der Waals surface area contributed by atoms with Crippen molar-refractivity contribution in [3.63, 3.8) is 0 Å².